The maximum absolute atomic E-state index is 3.34. The molecule has 0 radical (unpaired) electrons. The molecule has 1 heterocycles. The van der Waals surface area contributed by atoms with Crippen molar-refractivity contribution in [3.05, 3.63) is 0 Å². The van der Waals surface area contributed by atoms with E-state index in [9.17, 15) is 0 Å². The van der Waals surface area contributed by atoms with E-state index in [2.05, 4.69) is 45.0 Å². The van der Waals surface area contributed by atoms with Crippen LogP contribution in [0.4, 0.5) is 0 Å². The summed E-state index contributed by atoms with van der Waals surface area (Å²) < 4.78 is 0. The van der Waals surface area contributed by atoms with Gasteiger partial charge >= 0.3 is 0 Å². The standard InChI is InChI=1S/C14H30N2/c1-6-14(7-2)8-9-16(11-14)13(4)10-12(3)15-5/h12-13,15H,6-11H2,1-5H3. The van der Waals surface area contributed by atoms with Crippen molar-refractivity contribution in [2.45, 2.75) is 65.5 Å². The minimum Gasteiger partial charge on any atom is -0.317 e. The predicted molar refractivity (Wildman–Crippen MR) is 71.8 cm³/mol. The first kappa shape index (κ1) is 14.0. The zero-order valence-corrected chi connectivity index (χ0v) is 11.8. The number of hydrogen-bond donors (Lipinski definition) is 1. The van der Waals surface area contributed by atoms with Gasteiger partial charge in [0.15, 0.2) is 0 Å². The smallest absolute Gasteiger partial charge is 0.00818 e. The first-order valence-electron chi connectivity index (χ1n) is 6.98. The maximum atomic E-state index is 3.34. The van der Waals surface area contributed by atoms with Crippen molar-refractivity contribution in [2.24, 2.45) is 5.41 Å². The summed E-state index contributed by atoms with van der Waals surface area (Å²) >= 11 is 0. The highest BCUT2D eigenvalue weighted by atomic mass is 15.2. The summed E-state index contributed by atoms with van der Waals surface area (Å²) in [4.78, 5) is 2.70. The molecule has 0 spiro atoms. The largest absolute Gasteiger partial charge is 0.317 e. The lowest BCUT2D eigenvalue weighted by molar-refractivity contribution is 0.189. The van der Waals surface area contributed by atoms with Gasteiger partial charge < -0.3 is 10.2 Å². The minimum atomic E-state index is 0.622. The number of nitrogens with one attached hydrogen (secondary N) is 1. The van der Waals surface area contributed by atoms with Gasteiger partial charge in [-0.3, -0.25) is 0 Å². The number of likely N-dealkylation sites (tertiary alicyclic amines) is 1. The van der Waals surface area contributed by atoms with Gasteiger partial charge in [-0.2, -0.15) is 0 Å². The number of rotatable bonds is 6. The Morgan fingerprint density at radius 3 is 2.31 bits per heavy atom. The Morgan fingerprint density at radius 1 is 1.25 bits per heavy atom. The Bertz CT molecular complexity index is 199. The number of nitrogens with zero attached hydrogens (tertiary/aromatic N) is 1. The fourth-order valence-corrected chi connectivity index (χ4v) is 2.95. The quantitative estimate of drug-likeness (QED) is 0.749. The fourth-order valence-electron chi connectivity index (χ4n) is 2.95. The summed E-state index contributed by atoms with van der Waals surface area (Å²) in [5.41, 5.74) is 0.622. The highest BCUT2D eigenvalue weighted by Gasteiger charge is 2.36. The summed E-state index contributed by atoms with van der Waals surface area (Å²) in [6.45, 7) is 12.0. The minimum absolute atomic E-state index is 0.622. The summed E-state index contributed by atoms with van der Waals surface area (Å²) in [7, 11) is 2.06. The van der Waals surface area contributed by atoms with Crippen LogP contribution in [-0.4, -0.2) is 37.1 Å². The Morgan fingerprint density at radius 2 is 1.88 bits per heavy atom. The van der Waals surface area contributed by atoms with Gasteiger partial charge in [0, 0.05) is 18.6 Å². The SMILES string of the molecule is CCC1(CC)CCN(C(C)CC(C)NC)C1. The van der Waals surface area contributed by atoms with Crippen LogP contribution in [0.2, 0.25) is 0 Å². The lowest BCUT2D eigenvalue weighted by atomic mass is 9.82. The molecule has 2 unspecified atom stereocenters. The first-order valence-corrected chi connectivity index (χ1v) is 6.98. The molecular weight excluding hydrogens is 196 g/mol. The van der Waals surface area contributed by atoms with Crippen LogP contribution in [0, 0.1) is 5.41 Å². The lowest BCUT2D eigenvalue weighted by Gasteiger charge is -2.30. The zero-order chi connectivity index (χ0) is 12.2. The molecule has 96 valence electrons. The van der Waals surface area contributed by atoms with Crippen molar-refractivity contribution >= 4 is 0 Å². The molecule has 2 atom stereocenters. The Kier molecular flexibility index (Phi) is 5.26. The van der Waals surface area contributed by atoms with Crippen LogP contribution in [0.3, 0.4) is 0 Å². The molecule has 0 aromatic carbocycles. The van der Waals surface area contributed by atoms with E-state index in [-0.39, 0.29) is 0 Å². The molecule has 0 aromatic heterocycles. The molecule has 1 aliphatic rings. The van der Waals surface area contributed by atoms with Gasteiger partial charge in [-0.1, -0.05) is 13.8 Å². The average molecular weight is 226 g/mol. The van der Waals surface area contributed by atoms with E-state index in [4.69, 9.17) is 0 Å². The molecule has 1 aliphatic heterocycles. The van der Waals surface area contributed by atoms with Crippen molar-refractivity contribution in [2.75, 3.05) is 20.1 Å². The molecule has 0 aliphatic carbocycles. The van der Waals surface area contributed by atoms with E-state index >= 15 is 0 Å². The van der Waals surface area contributed by atoms with Gasteiger partial charge in [-0.25, -0.2) is 0 Å². The van der Waals surface area contributed by atoms with E-state index in [1.54, 1.807) is 0 Å². The third kappa shape index (κ3) is 3.21. The Balaban J connectivity index is 2.45. The monoisotopic (exact) mass is 226 g/mol. The second-order valence-electron chi connectivity index (χ2n) is 5.70. The van der Waals surface area contributed by atoms with E-state index in [0.717, 1.165) is 6.04 Å². The highest BCUT2D eigenvalue weighted by molar-refractivity contribution is 4.90. The average Bonchev–Trinajstić information content (AvgIpc) is 2.74. The second kappa shape index (κ2) is 6.02. The Hall–Kier alpha value is -0.0800. The lowest BCUT2D eigenvalue weighted by Crippen LogP contribution is -2.37. The van der Waals surface area contributed by atoms with Gasteiger partial charge in [-0.05, 0) is 58.5 Å². The first-order chi connectivity index (χ1) is 7.56. The topological polar surface area (TPSA) is 15.3 Å². The van der Waals surface area contributed by atoms with Crippen LogP contribution in [0.1, 0.15) is 53.4 Å². The molecule has 1 saturated heterocycles. The molecule has 16 heavy (non-hydrogen) atoms. The Labute approximate surface area is 102 Å². The van der Waals surface area contributed by atoms with E-state index in [0.29, 0.717) is 11.5 Å². The van der Waals surface area contributed by atoms with Crippen molar-refractivity contribution in [1.82, 2.24) is 10.2 Å². The van der Waals surface area contributed by atoms with Gasteiger partial charge in [0.25, 0.3) is 0 Å². The molecular formula is C14H30N2. The van der Waals surface area contributed by atoms with Gasteiger partial charge in [0.05, 0.1) is 0 Å². The predicted octanol–water partition coefficient (Wildman–Crippen LogP) is 2.89. The summed E-state index contributed by atoms with van der Waals surface area (Å²) in [5, 5.41) is 3.34. The van der Waals surface area contributed by atoms with E-state index in [1.165, 1.54) is 38.8 Å². The van der Waals surface area contributed by atoms with Gasteiger partial charge in [0.1, 0.15) is 0 Å². The summed E-state index contributed by atoms with van der Waals surface area (Å²) in [5.74, 6) is 0. The fraction of sp³-hybridized carbons (Fsp3) is 1.00. The molecule has 2 heteroatoms. The van der Waals surface area contributed by atoms with Crippen LogP contribution in [0.5, 0.6) is 0 Å². The van der Waals surface area contributed by atoms with Gasteiger partial charge in [-0.15, -0.1) is 0 Å². The molecule has 0 amide bonds. The summed E-state index contributed by atoms with van der Waals surface area (Å²) in [6, 6.07) is 1.36. The van der Waals surface area contributed by atoms with Gasteiger partial charge in [0.2, 0.25) is 0 Å². The van der Waals surface area contributed by atoms with Crippen LogP contribution in [0.15, 0.2) is 0 Å². The van der Waals surface area contributed by atoms with Crippen molar-refractivity contribution in [1.29, 1.82) is 0 Å². The van der Waals surface area contributed by atoms with E-state index in [1.807, 2.05) is 0 Å². The molecule has 1 rings (SSSR count). The molecule has 0 bridgehead atoms. The molecule has 0 aromatic rings. The second-order valence-corrected chi connectivity index (χ2v) is 5.70. The zero-order valence-electron chi connectivity index (χ0n) is 11.8. The molecule has 0 saturated carbocycles. The normalized spacial score (nSPS) is 24.6. The summed E-state index contributed by atoms with van der Waals surface area (Å²) in [6.07, 6.45) is 5.35. The van der Waals surface area contributed by atoms with E-state index < -0.39 is 0 Å². The number of hydrogen-bond acceptors (Lipinski definition) is 2. The van der Waals surface area contributed by atoms with Crippen LogP contribution >= 0.6 is 0 Å². The third-order valence-corrected chi connectivity index (χ3v) is 4.78. The molecule has 2 nitrogen and oxygen atoms in total. The van der Waals surface area contributed by atoms with Crippen molar-refractivity contribution in [3.63, 3.8) is 0 Å². The van der Waals surface area contributed by atoms with Crippen LogP contribution in [-0.2, 0) is 0 Å². The molecule has 1 N–H and O–H groups in total. The van der Waals surface area contributed by atoms with Crippen LogP contribution in [0.25, 0.3) is 0 Å². The van der Waals surface area contributed by atoms with Crippen molar-refractivity contribution in [3.8, 4) is 0 Å². The molecule has 1 fully saturated rings. The van der Waals surface area contributed by atoms with Crippen LogP contribution < -0.4 is 5.32 Å². The third-order valence-electron chi connectivity index (χ3n) is 4.78. The highest BCUT2D eigenvalue weighted by Crippen LogP contribution is 2.38. The van der Waals surface area contributed by atoms with Crippen molar-refractivity contribution < 1.29 is 0 Å². The maximum Gasteiger partial charge on any atom is 0.00818 e.